The molecule has 1 aromatic carbocycles. The molecule has 1 rings (SSSR count). The van der Waals surface area contributed by atoms with Crippen molar-refractivity contribution < 1.29 is 13.9 Å². The first-order chi connectivity index (χ1) is 10.5. The van der Waals surface area contributed by atoms with E-state index in [1.165, 1.54) is 35.4 Å². The molecule has 0 heterocycles. The summed E-state index contributed by atoms with van der Waals surface area (Å²) in [6, 6.07) is 4.14. The average Bonchev–Trinajstić information content (AvgIpc) is 2.50. The van der Waals surface area contributed by atoms with Crippen molar-refractivity contribution in [3.05, 3.63) is 42.4 Å². The number of amides is 2. The molecule has 0 aliphatic carbocycles. The molecule has 0 fully saturated rings. The van der Waals surface area contributed by atoms with Crippen LogP contribution in [-0.2, 0) is 6.54 Å². The number of benzene rings is 1. The summed E-state index contributed by atoms with van der Waals surface area (Å²) in [5.74, 6) is 0.0276. The Kier molecular flexibility index (Phi) is 7.18. The molecule has 0 saturated heterocycles. The summed E-state index contributed by atoms with van der Waals surface area (Å²) in [5, 5.41) is 1.43. The minimum absolute atomic E-state index is 0.237. The van der Waals surface area contributed by atoms with Gasteiger partial charge >= 0.3 is 6.03 Å². The summed E-state index contributed by atoms with van der Waals surface area (Å²) in [4.78, 5) is 13.9. The zero-order valence-corrected chi connectivity index (χ0v) is 13.2. The fraction of sp³-hybridized carbons (Fsp3) is 0.400. The Labute approximate surface area is 130 Å². The largest absolute Gasteiger partial charge is 0.497 e. The molecule has 2 amide bonds. The summed E-state index contributed by atoms with van der Waals surface area (Å²) in [6.07, 6.45) is 2.23. The Morgan fingerprint density at radius 1 is 1.45 bits per heavy atom. The molecule has 0 aromatic heterocycles. The van der Waals surface area contributed by atoms with Gasteiger partial charge in [-0.1, -0.05) is 13.5 Å². The lowest BCUT2D eigenvalue weighted by molar-refractivity contribution is 0.127. The van der Waals surface area contributed by atoms with Crippen molar-refractivity contribution in [3.63, 3.8) is 0 Å². The first-order valence-corrected chi connectivity index (χ1v) is 7.00. The van der Waals surface area contributed by atoms with Crippen molar-refractivity contribution in [1.82, 2.24) is 20.9 Å². The average molecular weight is 310 g/mol. The van der Waals surface area contributed by atoms with Crippen molar-refractivity contribution in [2.24, 2.45) is 0 Å². The van der Waals surface area contributed by atoms with Crippen molar-refractivity contribution in [2.45, 2.75) is 19.9 Å². The summed E-state index contributed by atoms with van der Waals surface area (Å²) >= 11 is 0. The Hall–Kier alpha value is -2.28. The third-order valence-corrected chi connectivity index (χ3v) is 2.89. The van der Waals surface area contributed by atoms with Gasteiger partial charge in [0.2, 0.25) is 0 Å². The lowest BCUT2D eigenvalue weighted by Gasteiger charge is -2.28. The van der Waals surface area contributed by atoms with Gasteiger partial charge in [-0.15, -0.1) is 5.53 Å². The maximum Gasteiger partial charge on any atom is 0.335 e. The van der Waals surface area contributed by atoms with Gasteiger partial charge in [0.05, 0.1) is 7.11 Å². The van der Waals surface area contributed by atoms with Gasteiger partial charge in [-0.05, 0) is 24.1 Å². The van der Waals surface area contributed by atoms with E-state index in [2.05, 4.69) is 17.5 Å². The van der Waals surface area contributed by atoms with Crippen LogP contribution in [0.1, 0.15) is 18.9 Å². The Morgan fingerprint density at radius 2 is 2.18 bits per heavy atom. The van der Waals surface area contributed by atoms with Gasteiger partial charge in [-0.2, -0.15) is 0 Å². The van der Waals surface area contributed by atoms with Gasteiger partial charge in [0.25, 0.3) is 0 Å². The number of halogens is 1. The number of carbonyl (C=O) groups excluding carboxylic acids is 1. The predicted octanol–water partition coefficient (Wildman–Crippen LogP) is 2.25. The highest BCUT2D eigenvalue weighted by atomic mass is 19.1. The Bertz CT molecular complexity index is 510. The molecule has 0 aliphatic heterocycles. The topological polar surface area (TPSA) is 56.8 Å². The molecular weight excluding hydrogens is 287 g/mol. The fourth-order valence-corrected chi connectivity index (χ4v) is 1.92. The number of methoxy groups -OCH3 is 1. The van der Waals surface area contributed by atoms with E-state index in [0.29, 0.717) is 17.9 Å². The number of hydrogen-bond acceptors (Lipinski definition) is 4. The molecule has 0 spiro atoms. The zero-order chi connectivity index (χ0) is 16.5. The molecule has 2 N–H and O–H groups in total. The van der Waals surface area contributed by atoms with E-state index in [1.54, 1.807) is 13.1 Å². The van der Waals surface area contributed by atoms with E-state index in [1.807, 2.05) is 6.92 Å². The monoisotopic (exact) mass is 310 g/mol. The van der Waals surface area contributed by atoms with Crippen molar-refractivity contribution in [1.29, 1.82) is 0 Å². The maximum atomic E-state index is 13.5. The molecule has 0 aliphatic rings. The van der Waals surface area contributed by atoms with Crippen LogP contribution in [-0.4, -0.2) is 36.6 Å². The quantitative estimate of drug-likeness (QED) is 0.723. The van der Waals surface area contributed by atoms with Gasteiger partial charge in [0.1, 0.15) is 11.6 Å². The van der Waals surface area contributed by atoms with Crippen LogP contribution in [0, 0.1) is 5.82 Å². The first-order valence-electron chi connectivity index (χ1n) is 7.00. The van der Waals surface area contributed by atoms with E-state index in [4.69, 9.17) is 4.74 Å². The van der Waals surface area contributed by atoms with Crippen molar-refractivity contribution in [3.8, 4) is 5.75 Å². The summed E-state index contributed by atoms with van der Waals surface area (Å²) < 4.78 is 18.5. The molecule has 0 atom stereocenters. The zero-order valence-electron chi connectivity index (χ0n) is 13.2. The number of ether oxygens (including phenoxy) is 1. The second-order valence-electron chi connectivity index (χ2n) is 4.75. The van der Waals surface area contributed by atoms with E-state index >= 15 is 0 Å². The van der Waals surface area contributed by atoms with Crippen molar-refractivity contribution in [2.75, 3.05) is 20.7 Å². The third kappa shape index (κ3) is 5.25. The van der Waals surface area contributed by atoms with E-state index in [9.17, 15) is 9.18 Å². The first kappa shape index (κ1) is 17.8. The molecule has 122 valence electrons. The van der Waals surface area contributed by atoms with Crippen LogP contribution < -0.4 is 15.7 Å². The van der Waals surface area contributed by atoms with Gasteiger partial charge in [0, 0.05) is 32.4 Å². The molecule has 0 radical (unpaired) electrons. The highest BCUT2D eigenvalue weighted by molar-refractivity contribution is 5.73. The smallest absolute Gasteiger partial charge is 0.335 e. The highest BCUT2D eigenvalue weighted by Gasteiger charge is 2.17. The number of urea groups is 1. The van der Waals surface area contributed by atoms with Crippen LogP contribution in [0.3, 0.4) is 0 Å². The molecule has 1 aromatic rings. The Balaban J connectivity index is 2.76. The third-order valence-electron chi connectivity index (χ3n) is 2.89. The van der Waals surface area contributed by atoms with E-state index in [-0.39, 0.29) is 12.6 Å². The summed E-state index contributed by atoms with van der Waals surface area (Å²) in [5.41, 5.74) is 6.07. The lowest BCUT2D eigenvalue weighted by atomic mass is 10.2. The van der Waals surface area contributed by atoms with Crippen molar-refractivity contribution >= 4 is 6.03 Å². The Morgan fingerprint density at radius 3 is 2.77 bits per heavy atom. The predicted molar refractivity (Wildman–Crippen MR) is 83.3 cm³/mol. The molecule has 6 nitrogen and oxygen atoms in total. The minimum atomic E-state index is -0.396. The maximum absolute atomic E-state index is 13.5. The molecule has 0 unspecified atom stereocenters. The normalized spacial score (nSPS) is 10.0. The van der Waals surface area contributed by atoms with Gasteiger partial charge in [-0.25, -0.2) is 14.2 Å². The molecule has 0 bridgehead atoms. The summed E-state index contributed by atoms with van der Waals surface area (Å²) in [7, 11) is 3.12. The second kappa shape index (κ2) is 8.89. The lowest BCUT2D eigenvalue weighted by Crippen LogP contribution is -2.52. The summed E-state index contributed by atoms with van der Waals surface area (Å²) in [6.45, 7) is 6.27. The highest BCUT2D eigenvalue weighted by Crippen LogP contribution is 2.17. The number of nitrogens with one attached hydrogen (secondary N) is 2. The van der Waals surface area contributed by atoms with Crippen LogP contribution in [0.4, 0.5) is 9.18 Å². The van der Waals surface area contributed by atoms with E-state index < -0.39 is 5.82 Å². The van der Waals surface area contributed by atoms with Crippen LogP contribution in [0.2, 0.25) is 0 Å². The standard InChI is InChI=1S/C15H23FN4O2/c1-5-7-20(18-17-6-2)15(21)19(3)11-12-8-13(16)10-14(9-12)22-4/h6,8-10,17-18H,2,5,7,11H2,1,3-4H3. The second-order valence-corrected chi connectivity index (χ2v) is 4.75. The van der Waals surface area contributed by atoms with Gasteiger partial charge < -0.3 is 15.1 Å². The van der Waals surface area contributed by atoms with Gasteiger partial charge in [0.15, 0.2) is 0 Å². The SMILES string of the molecule is C=CNNN(CCC)C(=O)N(C)Cc1cc(F)cc(OC)c1. The molecule has 0 saturated carbocycles. The number of hydrazine groups is 2. The number of carbonyl (C=O) groups is 1. The van der Waals surface area contributed by atoms with Gasteiger partial charge in [-0.3, -0.25) is 0 Å². The van der Waals surface area contributed by atoms with E-state index in [0.717, 1.165) is 6.42 Å². The number of rotatable bonds is 8. The van der Waals surface area contributed by atoms with Crippen LogP contribution in [0.25, 0.3) is 0 Å². The fourth-order valence-electron chi connectivity index (χ4n) is 1.92. The molecule has 22 heavy (non-hydrogen) atoms. The molecule has 7 heteroatoms. The number of nitrogens with zero attached hydrogens (tertiary/aromatic N) is 2. The molecular formula is C15H23FN4O2. The van der Waals surface area contributed by atoms with Crippen LogP contribution in [0.15, 0.2) is 31.0 Å². The minimum Gasteiger partial charge on any atom is -0.497 e. The number of hydrogen-bond donors (Lipinski definition) is 2. The van der Waals surface area contributed by atoms with Crippen LogP contribution >= 0.6 is 0 Å². The van der Waals surface area contributed by atoms with Crippen LogP contribution in [0.5, 0.6) is 5.75 Å².